The molecule has 0 saturated carbocycles. The Labute approximate surface area is 103 Å². The molecule has 0 bridgehead atoms. The van der Waals surface area contributed by atoms with Gasteiger partial charge in [-0.05, 0) is 28.1 Å². The third kappa shape index (κ3) is 3.62. The van der Waals surface area contributed by atoms with Gasteiger partial charge in [-0.15, -0.1) is 11.3 Å². The van der Waals surface area contributed by atoms with Crippen LogP contribution >= 0.6 is 27.3 Å². The normalized spacial score (nSPS) is 17.1. The second kappa shape index (κ2) is 5.66. The Kier molecular flexibility index (Phi) is 4.21. The molecule has 1 aromatic rings. The van der Waals surface area contributed by atoms with Crippen molar-refractivity contribution in [2.75, 3.05) is 32.7 Å². The smallest absolute Gasteiger partial charge is 0.0781 e. The van der Waals surface area contributed by atoms with E-state index in [4.69, 9.17) is 0 Å². The first kappa shape index (κ1) is 11.2. The Morgan fingerprint density at radius 1 is 1.40 bits per heavy atom. The highest BCUT2D eigenvalue weighted by Gasteiger charge is 2.06. The van der Waals surface area contributed by atoms with Gasteiger partial charge in [0, 0.05) is 26.2 Å². The van der Waals surface area contributed by atoms with Crippen molar-refractivity contribution in [3.05, 3.63) is 20.8 Å². The number of hydrogen-bond acceptors (Lipinski definition) is 3. The summed E-state index contributed by atoms with van der Waals surface area (Å²) in [6.45, 7) is 5.29. The van der Waals surface area contributed by atoms with Crippen LogP contribution in [0.3, 0.4) is 0 Å². The molecule has 1 N–H and O–H groups in total. The quantitative estimate of drug-likeness (QED) is 0.791. The highest BCUT2D eigenvalue weighted by molar-refractivity contribution is 9.11. The second-order valence-corrected chi connectivity index (χ2v) is 5.89. The van der Waals surface area contributed by atoms with Crippen molar-refractivity contribution in [1.82, 2.24) is 10.2 Å². The van der Waals surface area contributed by atoms with Gasteiger partial charge in [-0.2, -0.15) is 0 Å². The minimum absolute atomic E-state index is 0.886. The zero-order chi connectivity index (χ0) is 10.5. The lowest BCUT2D eigenvalue weighted by Crippen LogP contribution is -2.43. The largest absolute Gasteiger partial charge is 0.314 e. The number of piperazine rings is 1. The van der Waals surface area contributed by atoms with Gasteiger partial charge in [0.15, 0.2) is 0 Å². The molecule has 4 heteroatoms. The van der Waals surface area contributed by atoms with Crippen LogP contribution in [0.2, 0.25) is 0 Å². The molecule has 0 unspecified atom stereocenters. The summed E-state index contributed by atoms with van der Waals surface area (Å²) in [4.78, 5) is 3.52. The summed E-state index contributed by atoms with van der Waals surface area (Å²) in [7, 11) is 0. The van der Waals surface area contributed by atoms with Crippen LogP contribution in [0, 0.1) is 11.8 Å². The van der Waals surface area contributed by atoms with E-state index in [0.717, 1.165) is 41.4 Å². The summed E-state index contributed by atoms with van der Waals surface area (Å²) in [5, 5.41) is 3.33. The van der Waals surface area contributed by atoms with E-state index in [9.17, 15) is 0 Å². The highest BCUT2D eigenvalue weighted by atomic mass is 79.9. The van der Waals surface area contributed by atoms with Crippen LogP contribution in [0.1, 0.15) is 4.88 Å². The number of halogens is 1. The van der Waals surface area contributed by atoms with Crippen LogP contribution < -0.4 is 5.32 Å². The first-order valence-electron chi connectivity index (χ1n) is 5.02. The van der Waals surface area contributed by atoms with E-state index in [0.29, 0.717) is 0 Å². The van der Waals surface area contributed by atoms with Crippen molar-refractivity contribution in [1.29, 1.82) is 0 Å². The van der Waals surface area contributed by atoms with Gasteiger partial charge in [0.1, 0.15) is 0 Å². The molecule has 0 aromatic carbocycles. The summed E-state index contributed by atoms with van der Waals surface area (Å²) in [5.41, 5.74) is 0. The molecule has 15 heavy (non-hydrogen) atoms. The van der Waals surface area contributed by atoms with Gasteiger partial charge >= 0.3 is 0 Å². The summed E-state index contributed by atoms with van der Waals surface area (Å²) in [5.74, 6) is 6.41. The Morgan fingerprint density at radius 3 is 2.87 bits per heavy atom. The lowest BCUT2D eigenvalue weighted by Gasteiger charge is -2.24. The minimum atomic E-state index is 0.886. The van der Waals surface area contributed by atoms with Gasteiger partial charge in [-0.3, -0.25) is 4.90 Å². The molecule has 1 fully saturated rings. The molecule has 2 rings (SSSR count). The molecular weight excluding hydrogens is 272 g/mol. The molecule has 2 heterocycles. The molecule has 0 amide bonds. The molecular formula is C11H13BrN2S. The molecule has 0 aliphatic carbocycles. The minimum Gasteiger partial charge on any atom is -0.314 e. The fourth-order valence-corrected chi connectivity index (χ4v) is 2.75. The van der Waals surface area contributed by atoms with Crippen LogP contribution in [-0.4, -0.2) is 37.6 Å². The Morgan fingerprint density at radius 2 is 2.20 bits per heavy atom. The maximum Gasteiger partial charge on any atom is 0.0781 e. The Hall–Kier alpha value is -0.340. The van der Waals surface area contributed by atoms with Gasteiger partial charge in [0.2, 0.25) is 0 Å². The summed E-state index contributed by atoms with van der Waals surface area (Å²) in [6.07, 6.45) is 0. The van der Waals surface area contributed by atoms with Crippen molar-refractivity contribution >= 4 is 27.3 Å². The molecule has 0 spiro atoms. The van der Waals surface area contributed by atoms with Crippen molar-refractivity contribution in [2.24, 2.45) is 0 Å². The summed E-state index contributed by atoms with van der Waals surface area (Å²) in [6, 6.07) is 4.10. The maximum atomic E-state index is 3.43. The molecule has 1 aliphatic heterocycles. The molecule has 1 aromatic heterocycles. The van der Waals surface area contributed by atoms with Crippen LogP contribution in [0.4, 0.5) is 0 Å². The van der Waals surface area contributed by atoms with E-state index in [2.05, 4.69) is 44.1 Å². The topological polar surface area (TPSA) is 15.3 Å². The lowest BCUT2D eigenvalue weighted by molar-refractivity contribution is 0.268. The maximum absolute atomic E-state index is 3.43. The predicted octanol–water partition coefficient (Wildman–Crippen LogP) is 1.77. The average Bonchev–Trinajstić information content (AvgIpc) is 2.66. The van der Waals surface area contributed by atoms with Gasteiger partial charge in [0.25, 0.3) is 0 Å². The highest BCUT2D eigenvalue weighted by Crippen LogP contribution is 2.20. The average molecular weight is 285 g/mol. The van der Waals surface area contributed by atoms with E-state index < -0.39 is 0 Å². The second-order valence-electron chi connectivity index (χ2n) is 3.43. The summed E-state index contributed by atoms with van der Waals surface area (Å²) < 4.78 is 1.15. The molecule has 1 aliphatic rings. The fourth-order valence-electron chi connectivity index (χ4n) is 1.49. The molecule has 1 saturated heterocycles. The van der Waals surface area contributed by atoms with Gasteiger partial charge in [-0.25, -0.2) is 0 Å². The number of nitrogens with zero attached hydrogens (tertiary/aromatic N) is 1. The lowest BCUT2D eigenvalue weighted by atomic mass is 10.3. The monoisotopic (exact) mass is 284 g/mol. The van der Waals surface area contributed by atoms with Crippen LogP contribution in [0.25, 0.3) is 0 Å². The Bertz CT molecular complexity index is 371. The van der Waals surface area contributed by atoms with E-state index in [-0.39, 0.29) is 0 Å². The van der Waals surface area contributed by atoms with Gasteiger partial charge < -0.3 is 5.32 Å². The first-order valence-corrected chi connectivity index (χ1v) is 6.63. The Balaban J connectivity index is 1.84. The summed E-state index contributed by atoms with van der Waals surface area (Å²) >= 11 is 5.12. The molecule has 80 valence electrons. The third-order valence-electron chi connectivity index (χ3n) is 2.30. The predicted molar refractivity (Wildman–Crippen MR) is 68.2 cm³/mol. The van der Waals surface area contributed by atoms with E-state index >= 15 is 0 Å². The molecule has 2 nitrogen and oxygen atoms in total. The van der Waals surface area contributed by atoms with E-state index in [1.54, 1.807) is 11.3 Å². The zero-order valence-electron chi connectivity index (χ0n) is 8.42. The number of rotatable bonds is 1. The number of thiophene rings is 1. The van der Waals surface area contributed by atoms with Crippen LogP contribution in [0.15, 0.2) is 15.9 Å². The molecule has 0 radical (unpaired) electrons. The van der Waals surface area contributed by atoms with Crippen molar-refractivity contribution in [2.45, 2.75) is 0 Å². The van der Waals surface area contributed by atoms with Crippen LogP contribution in [-0.2, 0) is 0 Å². The molecule has 0 atom stereocenters. The van der Waals surface area contributed by atoms with E-state index in [1.807, 2.05) is 6.07 Å². The van der Waals surface area contributed by atoms with Crippen molar-refractivity contribution < 1.29 is 0 Å². The first-order chi connectivity index (χ1) is 7.34. The zero-order valence-corrected chi connectivity index (χ0v) is 10.8. The van der Waals surface area contributed by atoms with Crippen LogP contribution in [0.5, 0.6) is 0 Å². The standard InChI is InChI=1S/C11H13BrN2S/c12-11-4-3-10(15-11)2-1-7-14-8-5-13-6-9-14/h3-4,13H,5-9H2. The van der Waals surface area contributed by atoms with Crippen molar-refractivity contribution in [3.63, 3.8) is 0 Å². The SMILES string of the molecule is Brc1ccc(C#CCN2CCNCC2)s1. The van der Waals surface area contributed by atoms with E-state index in [1.165, 1.54) is 0 Å². The number of nitrogens with one attached hydrogen (secondary N) is 1. The third-order valence-corrected chi connectivity index (χ3v) is 3.84. The van der Waals surface area contributed by atoms with Gasteiger partial charge in [-0.1, -0.05) is 11.8 Å². The van der Waals surface area contributed by atoms with Gasteiger partial charge in [0.05, 0.1) is 15.2 Å². The fraction of sp³-hybridized carbons (Fsp3) is 0.455. The van der Waals surface area contributed by atoms with Crippen molar-refractivity contribution in [3.8, 4) is 11.8 Å². The number of hydrogen-bond donors (Lipinski definition) is 1.